The molecule has 0 radical (unpaired) electrons. The molecule has 4 heterocycles. The summed E-state index contributed by atoms with van der Waals surface area (Å²) in [6.07, 6.45) is 9.84. The number of likely N-dealkylation sites (N-methyl/N-ethyl adjacent to an activating group) is 1. The van der Waals surface area contributed by atoms with Crippen LogP contribution in [-0.2, 0) is 25.9 Å². The van der Waals surface area contributed by atoms with E-state index in [4.69, 9.17) is 9.97 Å². The molecule has 0 unspecified atom stereocenters. The summed E-state index contributed by atoms with van der Waals surface area (Å²) >= 11 is 0. The quantitative estimate of drug-likeness (QED) is 0.0756. The average molecular weight is 799 g/mol. The minimum atomic E-state index is 0.0712. The predicted molar refractivity (Wildman–Crippen MR) is 249 cm³/mol. The predicted octanol–water partition coefficient (Wildman–Crippen LogP) is 11.6. The van der Waals surface area contributed by atoms with Crippen LogP contribution in [-0.4, -0.2) is 41.9 Å². The van der Waals surface area contributed by atoms with Crippen molar-refractivity contribution in [3.05, 3.63) is 229 Å². The molecule has 61 heavy (non-hydrogen) atoms. The van der Waals surface area contributed by atoms with E-state index in [9.17, 15) is 0 Å². The van der Waals surface area contributed by atoms with Gasteiger partial charge in [0, 0.05) is 47.3 Å². The van der Waals surface area contributed by atoms with Gasteiger partial charge in [0.25, 0.3) is 0 Å². The standard InChI is InChI=1S/C27H26N4.C26H24N4/c1-31(19-20-10-4-2-5-11-20)26(16-22-17-28-24-15-9-8-14-23(22)24)27-29-18-25(30-27)21-12-6-3-7-13-21;1-3-9-19(10-4-1)16-27-24(15-21-17-28-23-14-8-7-13-22(21)23)26-29-18-25(30-26)20-11-5-2-6-12-20/h2-15,17-18,26,28H,16,19H2,1H3,(H,29,30);1-14,17-18,24,27-28H,15-16H2,(H,29,30)/t26-;24-/m11/s1. The Bertz CT molecular complexity index is 2870. The smallest absolute Gasteiger partial charge is 0.124 e. The highest BCUT2D eigenvalue weighted by Gasteiger charge is 2.23. The maximum Gasteiger partial charge on any atom is 0.124 e. The lowest BCUT2D eigenvalue weighted by molar-refractivity contribution is 0.227. The zero-order chi connectivity index (χ0) is 41.2. The van der Waals surface area contributed by atoms with E-state index < -0.39 is 0 Å². The number of aromatic nitrogens is 6. The summed E-state index contributed by atoms with van der Waals surface area (Å²) in [5.74, 6) is 1.94. The Morgan fingerprint density at radius 3 is 1.54 bits per heavy atom. The molecular formula is C53H50N8. The average Bonchev–Trinajstić information content (AvgIpc) is 4.16. The van der Waals surface area contributed by atoms with Crippen LogP contribution in [0.25, 0.3) is 44.3 Å². The molecule has 0 amide bonds. The van der Waals surface area contributed by atoms with Gasteiger partial charge in [0.05, 0.1) is 35.9 Å². The molecule has 6 aromatic carbocycles. The largest absolute Gasteiger partial charge is 0.361 e. The number of fused-ring (bicyclic) bond motifs is 2. The molecule has 0 saturated heterocycles. The Morgan fingerprint density at radius 1 is 0.508 bits per heavy atom. The normalized spacial score (nSPS) is 12.4. The molecule has 0 aliphatic rings. The summed E-state index contributed by atoms with van der Waals surface area (Å²) in [4.78, 5) is 25.9. The second-order valence-electron chi connectivity index (χ2n) is 15.6. The van der Waals surface area contributed by atoms with E-state index in [1.54, 1.807) is 0 Å². The summed E-state index contributed by atoms with van der Waals surface area (Å²) in [5.41, 5.74) is 11.9. The van der Waals surface area contributed by atoms with Gasteiger partial charge in [-0.15, -0.1) is 0 Å². The molecule has 10 aromatic rings. The van der Waals surface area contributed by atoms with Crippen molar-refractivity contribution in [2.45, 2.75) is 38.0 Å². The molecule has 0 aliphatic carbocycles. The lowest BCUT2D eigenvalue weighted by atomic mass is 10.0. The van der Waals surface area contributed by atoms with Gasteiger partial charge in [0.1, 0.15) is 11.6 Å². The highest BCUT2D eigenvalue weighted by Crippen LogP contribution is 2.30. The first-order chi connectivity index (χ1) is 30.1. The number of nitrogens with zero attached hydrogens (tertiary/aromatic N) is 3. The summed E-state index contributed by atoms with van der Waals surface area (Å²) < 4.78 is 0. The molecular weight excluding hydrogens is 749 g/mol. The first kappa shape index (κ1) is 39.2. The van der Waals surface area contributed by atoms with Crippen molar-refractivity contribution in [1.82, 2.24) is 40.1 Å². The van der Waals surface area contributed by atoms with E-state index in [0.717, 1.165) is 60.1 Å². The van der Waals surface area contributed by atoms with Crippen LogP contribution in [0.4, 0.5) is 0 Å². The number of rotatable bonds is 14. The number of hydrogen-bond acceptors (Lipinski definition) is 4. The van der Waals surface area contributed by atoms with Crippen molar-refractivity contribution in [3.63, 3.8) is 0 Å². The number of imidazole rings is 2. The van der Waals surface area contributed by atoms with Gasteiger partial charge in [-0.2, -0.15) is 0 Å². The number of aromatic amines is 4. The van der Waals surface area contributed by atoms with E-state index in [1.165, 1.54) is 44.1 Å². The minimum absolute atomic E-state index is 0.0712. The Balaban J connectivity index is 0.000000156. The van der Waals surface area contributed by atoms with Gasteiger partial charge in [-0.1, -0.05) is 158 Å². The minimum Gasteiger partial charge on any atom is -0.361 e. The van der Waals surface area contributed by atoms with E-state index in [0.29, 0.717) is 0 Å². The summed E-state index contributed by atoms with van der Waals surface area (Å²) in [6, 6.07) is 58.9. The fourth-order valence-electron chi connectivity index (χ4n) is 8.12. The number of benzene rings is 6. The monoisotopic (exact) mass is 798 g/mol. The highest BCUT2D eigenvalue weighted by atomic mass is 15.2. The van der Waals surface area contributed by atoms with Crippen molar-refractivity contribution in [2.24, 2.45) is 0 Å². The lowest BCUT2D eigenvalue weighted by Gasteiger charge is -2.27. The maximum absolute atomic E-state index is 4.81. The Hall–Kier alpha value is -7.26. The van der Waals surface area contributed by atoms with E-state index in [2.05, 4.69) is 189 Å². The topological polar surface area (TPSA) is 104 Å². The lowest BCUT2D eigenvalue weighted by Crippen LogP contribution is -2.27. The maximum atomic E-state index is 4.81. The molecule has 2 atom stereocenters. The Morgan fingerprint density at radius 2 is 0.967 bits per heavy atom. The van der Waals surface area contributed by atoms with Gasteiger partial charge in [0.2, 0.25) is 0 Å². The molecule has 0 bridgehead atoms. The van der Waals surface area contributed by atoms with E-state index in [-0.39, 0.29) is 12.1 Å². The van der Waals surface area contributed by atoms with Gasteiger partial charge >= 0.3 is 0 Å². The van der Waals surface area contributed by atoms with Crippen LogP contribution in [0.1, 0.15) is 46.0 Å². The zero-order valence-electron chi connectivity index (χ0n) is 34.3. The van der Waals surface area contributed by atoms with Crippen molar-refractivity contribution >= 4 is 21.8 Å². The number of para-hydroxylation sites is 2. The molecule has 0 aliphatic heterocycles. The van der Waals surface area contributed by atoms with Crippen molar-refractivity contribution in [3.8, 4) is 22.5 Å². The summed E-state index contributed by atoms with van der Waals surface area (Å²) in [6.45, 7) is 1.64. The van der Waals surface area contributed by atoms with Crippen molar-refractivity contribution in [2.75, 3.05) is 7.05 Å². The third kappa shape index (κ3) is 9.47. The van der Waals surface area contributed by atoms with Gasteiger partial charge in [-0.3, -0.25) is 4.90 Å². The molecule has 10 rings (SSSR count). The SMILES string of the molecule is CN(Cc1ccccc1)[C@H](Cc1c[nH]c2ccccc12)c1ncc(-c2ccccc2)[nH]1.c1ccc(CN[C@H](Cc2c[nH]c3ccccc23)c2ncc(-c3ccccc3)[nH]2)cc1. The first-order valence-electron chi connectivity index (χ1n) is 21.0. The molecule has 0 spiro atoms. The third-order valence-corrected chi connectivity index (χ3v) is 11.4. The Kier molecular flexibility index (Phi) is 12.1. The van der Waals surface area contributed by atoms with Crippen LogP contribution in [0.5, 0.6) is 0 Å². The fraction of sp³-hybridized carbons (Fsp3) is 0.132. The van der Waals surface area contributed by atoms with Crippen LogP contribution in [0, 0.1) is 0 Å². The van der Waals surface area contributed by atoms with Gasteiger partial charge in [-0.05, 0) is 65.4 Å². The van der Waals surface area contributed by atoms with Crippen LogP contribution in [0.2, 0.25) is 0 Å². The van der Waals surface area contributed by atoms with Crippen LogP contribution < -0.4 is 5.32 Å². The van der Waals surface area contributed by atoms with Crippen LogP contribution in [0.15, 0.2) is 195 Å². The van der Waals surface area contributed by atoms with Gasteiger partial charge in [0.15, 0.2) is 0 Å². The van der Waals surface area contributed by atoms with Crippen molar-refractivity contribution < 1.29 is 0 Å². The highest BCUT2D eigenvalue weighted by molar-refractivity contribution is 5.84. The van der Waals surface area contributed by atoms with Crippen LogP contribution >= 0.6 is 0 Å². The Labute approximate surface area is 356 Å². The molecule has 8 heteroatoms. The number of nitrogens with one attached hydrogen (secondary N) is 5. The van der Waals surface area contributed by atoms with Crippen LogP contribution in [0.3, 0.4) is 0 Å². The summed E-state index contributed by atoms with van der Waals surface area (Å²) in [5, 5.41) is 6.25. The van der Waals surface area contributed by atoms with Gasteiger partial charge in [-0.25, -0.2) is 9.97 Å². The molecule has 4 aromatic heterocycles. The molecule has 0 fully saturated rings. The summed E-state index contributed by atoms with van der Waals surface area (Å²) in [7, 11) is 2.18. The van der Waals surface area contributed by atoms with E-state index in [1.807, 2.05) is 42.7 Å². The zero-order valence-corrected chi connectivity index (χ0v) is 34.3. The van der Waals surface area contributed by atoms with E-state index >= 15 is 0 Å². The molecule has 5 N–H and O–H groups in total. The third-order valence-electron chi connectivity index (χ3n) is 11.4. The van der Waals surface area contributed by atoms with Gasteiger partial charge < -0.3 is 25.3 Å². The fourth-order valence-corrected chi connectivity index (χ4v) is 8.12. The second kappa shape index (κ2) is 18.8. The number of hydrogen-bond donors (Lipinski definition) is 5. The van der Waals surface area contributed by atoms with Crippen molar-refractivity contribution in [1.29, 1.82) is 0 Å². The molecule has 302 valence electrons. The number of H-pyrrole nitrogens is 4. The first-order valence-corrected chi connectivity index (χ1v) is 21.0. The molecule has 0 saturated carbocycles. The second-order valence-corrected chi connectivity index (χ2v) is 15.6. The molecule has 8 nitrogen and oxygen atoms in total.